The molecule has 0 aliphatic carbocycles. The number of nitrogens with zero attached hydrogens (tertiary/aromatic N) is 2. The van der Waals surface area contributed by atoms with E-state index in [0.29, 0.717) is 18.9 Å². The fraction of sp³-hybridized carbons (Fsp3) is 0.714. The standard InChI is InChI=1S/C14H23N3O2/c1-10-13(11(2)19-16-10)9-17(3)14(18)8-12-4-6-15-7-5-12/h12,15H,4-9H2,1-3H3. The molecule has 1 aromatic heterocycles. The van der Waals surface area contributed by atoms with Gasteiger partial charge >= 0.3 is 0 Å². The molecule has 1 aromatic rings. The fourth-order valence-corrected chi connectivity index (χ4v) is 2.54. The molecule has 106 valence electrons. The average molecular weight is 265 g/mol. The van der Waals surface area contributed by atoms with E-state index in [1.54, 1.807) is 4.90 Å². The third-order valence-corrected chi connectivity index (χ3v) is 3.92. The molecule has 1 aliphatic rings. The van der Waals surface area contributed by atoms with Crippen molar-refractivity contribution in [2.24, 2.45) is 5.92 Å². The molecule has 0 spiro atoms. The van der Waals surface area contributed by atoms with Crippen LogP contribution in [0.5, 0.6) is 0 Å². The zero-order valence-electron chi connectivity index (χ0n) is 12.0. The average Bonchev–Trinajstić information content (AvgIpc) is 2.71. The number of carbonyl (C=O) groups excluding carboxylic acids is 1. The Balaban J connectivity index is 1.88. The highest BCUT2D eigenvalue weighted by Crippen LogP contribution is 2.19. The van der Waals surface area contributed by atoms with E-state index in [9.17, 15) is 4.79 Å². The Morgan fingerprint density at radius 3 is 2.68 bits per heavy atom. The molecule has 0 unspecified atom stereocenters. The second kappa shape index (κ2) is 6.19. The van der Waals surface area contributed by atoms with E-state index in [2.05, 4.69) is 10.5 Å². The maximum atomic E-state index is 12.2. The molecule has 0 radical (unpaired) electrons. The highest BCUT2D eigenvalue weighted by atomic mass is 16.5. The molecule has 1 N–H and O–H groups in total. The minimum atomic E-state index is 0.215. The van der Waals surface area contributed by atoms with Gasteiger partial charge in [-0.25, -0.2) is 0 Å². The Labute approximate surface area is 114 Å². The van der Waals surface area contributed by atoms with Crippen LogP contribution in [-0.2, 0) is 11.3 Å². The van der Waals surface area contributed by atoms with E-state index in [-0.39, 0.29) is 5.91 Å². The largest absolute Gasteiger partial charge is 0.361 e. The summed E-state index contributed by atoms with van der Waals surface area (Å²) in [5.74, 6) is 1.55. The second-order valence-electron chi connectivity index (χ2n) is 5.45. The monoisotopic (exact) mass is 265 g/mol. The molecular formula is C14H23N3O2. The topological polar surface area (TPSA) is 58.4 Å². The molecule has 1 saturated heterocycles. The van der Waals surface area contributed by atoms with Gasteiger partial charge in [0.15, 0.2) is 0 Å². The van der Waals surface area contributed by atoms with E-state index in [1.165, 1.54) is 0 Å². The Hall–Kier alpha value is -1.36. The molecule has 1 fully saturated rings. The van der Waals surface area contributed by atoms with Crippen LogP contribution in [0.2, 0.25) is 0 Å². The number of amides is 1. The molecule has 0 aromatic carbocycles. The van der Waals surface area contributed by atoms with Crippen molar-refractivity contribution in [1.82, 2.24) is 15.4 Å². The number of rotatable bonds is 4. The van der Waals surface area contributed by atoms with Gasteiger partial charge in [0.1, 0.15) is 5.76 Å². The third-order valence-electron chi connectivity index (χ3n) is 3.92. The first-order chi connectivity index (χ1) is 9.08. The molecule has 2 rings (SSSR count). The lowest BCUT2D eigenvalue weighted by Gasteiger charge is -2.24. The highest BCUT2D eigenvalue weighted by molar-refractivity contribution is 5.76. The van der Waals surface area contributed by atoms with Crippen molar-refractivity contribution in [3.05, 3.63) is 17.0 Å². The van der Waals surface area contributed by atoms with Gasteiger partial charge in [-0.2, -0.15) is 0 Å². The van der Waals surface area contributed by atoms with Crippen molar-refractivity contribution in [2.75, 3.05) is 20.1 Å². The molecule has 0 saturated carbocycles. The molecule has 0 bridgehead atoms. The Bertz CT molecular complexity index is 416. The minimum absolute atomic E-state index is 0.215. The van der Waals surface area contributed by atoms with Gasteiger partial charge in [-0.3, -0.25) is 4.79 Å². The maximum Gasteiger partial charge on any atom is 0.222 e. The number of aryl methyl sites for hydroxylation is 2. The van der Waals surface area contributed by atoms with E-state index >= 15 is 0 Å². The van der Waals surface area contributed by atoms with E-state index < -0.39 is 0 Å². The summed E-state index contributed by atoms with van der Waals surface area (Å²) in [5.41, 5.74) is 1.90. The number of carbonyl (C=O) groups is 1. The zero-order valence-corrected chi connectivity index (χ0v) is 12.0. The molecule has 5 heteroatoms. The lowest BCUT2D eigenvalue weighted by Crippen LogP contribution is -2.33. The minimum Gasteiger partial charge on any atom is -0.361 e. The first-order valence-corrected chi connectivity index (χ1v) is 6.94. The maximum absolute atomic E-state index is 12.2. The van der Waals surface area contributed by atoms with Crippen molar-refractivity contribution in [1.29, 1.82) is 0 Å². The molecule has 2 heterocycles. The summed E-state index contributed by atoms with van der Waals surface area (Å²) in [6.45, 7) is 6.46. The highest BCUT2D eigenvalue weighted by Gasteiger charge is 2.20. The van der Waals surface area contributed by atoms with Crippen molar-refractivity contribution in [2.45, 2.75) is 39.7 Å². The molecule has 0 atom stereocenters. The summed E-state index contributed by atoms with van der Waals surface area (Å²) in [4.78, 5) is 14.0. The van der Waals surface area contributed by atoms with Crippen LogP contribution in [0.4, 0.5) is 0 Å². The van der Waals surface area contributed by atoms with Gasteiger partial charge in [0.05, 0.1) is 12.2 Å². The molecule has 5 nitrogen and oxygen atoms in total. The van der Waals surface area contributed by atoms with Crippen LogP contribution in [0.3, 0.4) is 0 Å². The van der Waals surface area contributed by atoms with E-state index in [4.69, 9.17) is 4.52 Å². The normalized spacial score (nSPS) is 16.6. The van der Waals surface area contributed by atoms with Gasteiger partial charge in [0, 0.05) is 19.0 Å². The molecular weight excluding hydrogens is 242 g/mol. The Kier molecular flexibility index (Phi) is 4.58. The summed E-state index contributed by atoms with van der Waals surface area (Å²) in [7, 11) is 1.86. The number of nitrogens with one attached hydrogen (secondary N) is 1. The van der Waals surface area contributed by atoms with Gasteiger partial charge in [-0.1, -0.05) is 5.16 Å². The third kappa shape index (κ3) is 3.56. The van der Waals surface area contributed by atoms with E-state index in [0.717, 1.165) is 42.9 Å². The number of hydrogen-bond donors (Lipinski definition) is 1. The van der Waals surface area contributed by atoms with Crippen LogP contribution in [0, 0.1) is 19.8 Å². The van der Waals surface area contributed by atoms with Crippen LogP contribution in [0.15, 0.2) is 4.52 Å². The van der Waals surface area contributed by atoms with Crippen molar-refractivity contribution in [3.63, 3.8) is 0 Å². The van der Waals surface area contributed by atoms with Crippen LogP contribution in [-0.4, -0.2) is 36.1 Å². The van der Waals surface area contributed by atoms with Crippen LogP contribution in [0.25, 0.3) is 0 Å². The smallest absolute Gasteiger partial charge is 0.222 e. The zero-order chi connectivity index (χ0) is 13.8. The number of hydrogen-bond acceptors (Lipinski definition) is 4. The quantitative estimate of drug-likeness (QED) is 0.899. The molecule has 19 heavy (non-hydrogen) atoms. The Morgan fingerprint density at radius 2 is 2.11 bits per heavy atom. The van der Waals surface area contributed by atoms with E-state index in [1.807, 2.05) is 20.9 Å². The Morgan fingerprint density at radius 1 is 1.42 bits per heavy atom. The first kappa shape index (κ1) is 14.1. The molecule has 1 aliphatic heterocycles. The van der Waals surface area contributed by atoms with Crippen LogP contribution in [0.1, 0.15) is 36.3 Å². The van der Waals surface area contributed by atoms with Crippen LogP contribution < -0.4 is 5.32 Å². The van der Waals surface area contributed by atoms with Gasteiger partial charge in [0.25, 0.3) is 0 Å². The van der Waals surface area contributed by atoms with Gasteiger partial charge in [0.2, 0.25) is 5.91 Å². The molecule has 1 amide bonds. The predicted octanol–water partition coefficient (Wildman–Crippen LogP) is 1.64. The predicted molar refractivity (Wildman–Crippen MR) is 72.7 cm³/mol. The first-order valence-electron chi connectivity index (χ1n) is 6.94. The second-order valence-corrected chi connectivity index (χ2v) is 5.45. The summed E-state index contributed by atoms with van der Waals surface area (Å²) in [5, 5.41) is 7.25. The fourth-order valence-electron chi connectivity index (χ4n) is 2.54. The summed E-state index contributed by atoms with van der Waals surface area (Å²) in [6, 6.07) is 0. The number of piperidine rings is 1. The van der Waals surface area contributed by atoms with Gasteiger partial charge < -0.3 is 14.7 Å². The summed E-state index contributed by atoms with van der Waals surface area (Å²) in [6.07, 6.45) is 2.86. The summed E-state index contributed by atoms with van der Waals surface area (Å²) >= 11 is 0. The van der Waals surface area contributed by atoms with Gasteiger partial charge in [-0.05, 0) is 45.7 Å². The van der Waals surface area contributed by atoms with Crippen molar-refractivity contribution in [3.8, 4) is 0 Å². The number of aromatic nitrogens is 1. The lowest BCUT2D eigenvalue weighted by atomic mass is 9.94. The lowest BCUT2D eigenvalue weighted by molar-refractivity contribution is -0.131. The summed E-state index contributed by atoms with van der Waals surface area (Å²) < 4.78 is 5.13. The van der Waals surface area contributed by atoms with Gasteiger partial charge in [-0.15, -0.1) is 0 Å². The van der Waals surface area contributed by atoms with Crippen molar-refractivity contribution < 1.29 is 9.32 Å². The van der Waals surface area contributed by atoms with Crippen molar-refractivity contribution >= 4 is 5.91 Å². The SMILES string of the molecule is Cc1noc(C)c1CN(C)C(=O)CC1CCNCC1. The van der Waals surface area contributed by atoms with Crippen LogP contribution >= 0.6 is 0 Å².